The fourth-order valence-corrected chi connectivity index (χ4v) is 2.36. The van der Waals surface area contributed by atoms with Crippen molar-refractivity contribution in [3.8, 4) is 0 Å². The van der Waals surface area contributed by atoms with Crippen LogP contribution in [0.4, 0.5) is 8.78 Å². The highest BCUT2D eigenvalue weighted by atomic mass is 19.1. The maximum atomic E-state index is 14.1. The third-order valence-corrected chi connectivity index (χ3v) is 3.52. The van der Waals surface area contributed by atoms with E-state index in [-0.39, 0.29) is 18.2 Å². The van der Waals surface area contributed by atoms with E-state index in [1.165, 1.54) is 18.2 Å². The molecule has 7 heteroatoms. The van der Waals surface area contributed by atoms with E-state index < -0.39 is 17.7 Å². The minimum absolute atomic E-state index is 0.0343. The van der Waals surface area contributed by atoms with Crippen molar-refractivity contribution in [3.05, 3.63) is 35.4 Å². The molecule has 5 nitrogen and oxygen atoms in total. The summed E-state index contributed by atoms with van der Waals surface area (Å²) in [6.45, 7) is 5.37. The van der Waals surface area contributed by atoms with Gasteiger partial charge in [0, 0.05) is 25.3 Å². The molecule has 0 bridgehead atoms. The van der Waals surface area contributed by atoms with Crippen LogP contribution >= 0.6 is 0 Å². The number of nitrogens with one attached hydrogen (secondary N) is 2. The number of hydrogen-bond acceptors (Lipinski definition) is 3. The Morgan fingerprint density at radius 1 is 1.29 bits per heavy atom. The molecule has 0 aliphatic rings. The van der Waals surface area contributed by atoms with Crippen LogP contribution in [0.5, 0.6) is 0 Å². The largest absolute Gasteiger partial charge is 0.383 e. The van der Waals surface area contributed by atoms with E-state index in [9.17, 15) is 8.78 Å². The summed E-state index contributed by atoms with van der Waals surface area (Å²) in [6, 6.07) is 3.46. The molecule has 2 N–H and O–H groups in total. The van der Waals surface area contributed by atoms with Crippen LogP contribution in [0, 0.1) is 11.6 Å². The highest BCUT2D eigenvalue weighted by Gasteiger charge is 2.22. The molecule has 0 heterocycles. The minimum Gasteiger partial charge on any atom is -0.383 e. The van der Waals surface area contributed by atoms with Crippen LogP contribution in [0.25, 0.3) is 0 Å². The second kappa shape index (κ2) is 10.2. The van der Waals surface area contributed by atoms with Gasteiger partial charge in [-0.1, -0.05) is 6.07 Å². The standard InChI is InChI=1S/C17H28F2N4O/c1-6-20-17(22-12(2)11-24-5)21-10-15(23(3)4)16-13(18)8-7-9-14(16)19/h7-9,12,15H,6,10-11H2,1-5H3,(H2,20,21,22). The van der Waals surface area contributed by atoms with Crippen molar-refractivity contribution in [3.63, 3.8) is 0 Å². The fourth-order valence-electron chi connectivity index (χ4n) is 2.36. The maximum Gasteiger partial charge on any atom is 0.191 e. The van der Waals surface area contributed by atoms with E-state index in [0.29, 0.717) is 19.1 Å². The van der Waals surface area contributed by atoms with Gasteiger partial charge in [0.2, 0.25) is 0 Å². The molecule has 2 atom stereocenters. The van der Waals surface area contributed by atoms with Gasteiger partial charge in [-0.25, -0.2) is 8.78 Å². The van der Waals surface area contributed by atoms with Crippen molar-refractivity contribution >= 4 is 5.96 Å². The predicted molar refractivity (Wildman–Crippen MR) is 93.2 cm³/mol. The highest BCUT2D eigenvalue weighted by Crippen LogP contribution is 2.24. The zero-order valence-electron chi connectivity index (χ0n) is 15.1. The molecule has 24 heavy (non-hydrogen) atoms. The summed E-state index contributed by atoms with van der Waals surface area (Å²) in [4.78, 5) is 6.24. The van der Waals surface area contributed by atoms with Gasteiger partial charge < -0.3 is 20.3 Å². The molecule has 0 spiro atoms. The van der Waals surface area contributed by atoms with Gasteiger partial charge in [0.15, 0.2) is 5.96 Å². The number of halogens is 2. The van der Waals surface area contributed by atoms with Gasteiger partial charge in [-0.3, -0.25) is 4.99 Å². The van der Waals surface area contributed by atoms with E-state index in [4.69, 9.17) is 4.74 Å². The Balaban J connectivity index is 2.97. The number of aliphatic imine (C=N–C) groups is 1. The molecule has 0 aliphatic heterocycles. The summed E-state index contributed by atoms with van der Waals surface area (Å²) in [7, 11) is 5.19. The zero-order valence-corrected chi connectivity index (χ0v) is 15.1. The SMILES string of the molecule is CCNC(=NCC(c1c(F)cccc1F)N(C)C)NC(C)COC. The quantitative estimate of drug-likeness (QED) is 0.561. The van der Waals surface area contributed by atoms with Crippen LogP contribution in [0.1, 0.15) is 25.5 Å². The first kappa shape index (κ1) is 20.3. The Kier molecular flexibility index (Phi) is 8.63. The monoisotopic (exact) mass is 342 g/mol. The van der Waals surface area contributed by atoms with Gasteiger partial charge in [0.25, 0.3) is 0 Å². The predicted octanol–water partition coefficient (Wildman–Crippen LogP) is 2.16. The summed E-state index contributed by atoms with van der Waals surface area (Å²) in [6.07, 6.45) is 0. The van der Waals surface area contributed by atoms with E-state index in [1.807, 2.05) is 13.8 Å². The molecule has 1 aromatic carbocycles. The third kappa shape index (κ3) is 6.05. The van der Waals surface area contributed by atoms with Crippen molar-refractivity contribution in [2.24, 2.45) is 4.99 Å². The van der Waals surface area contributed by atoms with E-state index in [1.54, 1.807) is 26.1 Å². The highest BCUT2D eigenvalue weighted by molar-refractivity contribution is 5.80. The second-order valence-corrected chi connectivity index (χ2v) is 5.84. The van der Waals surface area contributed by atoms with Crippen molar-refractivity contribution < 1.29 is 13.5 Å². The van der Waals surface area contributed by atoms with Gasteiger partial charge in [-0.2, -0.15) is 0 Å². The lowest BCUT2D eigenvalue weighted by molar-refractivity contribution is 0.179. The number of methoxy groups -OCH3 is 1. The first-order valence-corrected chi connectivity index (χ1v) is 8.04. The van der Waals surface area contributed by atoms with E-state index in [0.717, 1.165) is 0 Å². The van der Waals surface area contributed by atoms with Crippen molar-refractivity contribution in [2.45, 2.75) is 25.9 Å². The molecular formula is C17H28F2N4O. The Labute approximate surface area is 143 Å². The average molecular weight is 342 g/mol. The molecule has 0 aromatic heterocycles. The van der Waals surface area contributed by atoms with E-state index >= 15 is 0 Å². The van der Waals surface area contributed by atoms with Crippen molar-refractivity contribution in [1.29, 1.82) is 0 Å². The van der Waals surface area contributed by atoms with Gasteiger partial charge in [-0.05, 0) is 40.1 Å². The Morgan fingerprint density at radius 3 is 2.42 bits per heavy atom. The van der Waals surface area contributed by atoms with Gasteiger partial charge in [0.1, 0.15) is 11.6 Å². The van der Waals surface area contributed by atoms with Crippen LogP contribution in [-0.4, -0.2) is 57.8 Å². The first-order chi connectivity index (χ1) is 11.4. The van der Waals surface area contributed by atoms with Crippen LogP contribution in [0.3, 0.4) is 0 Å². The van der Waals surface area contributed by atoms with Crippen LogP contribution in [0.2, 0.25) is 0 Å². The molecule has 0 aliphatic carbocycles. The Bertz CT molecular complexity index is 517. The fraction of sp³-hybridized carbons (Fsp3) is 0.588. The van der Waals surface area contributed by atoms with Crippen LogP contribution in [0.15, 0.2) is 23.2 Å². The molecule has 1 rings (SSSR count). The summed E-state index contributed by atoms with van der Waals surface area (Å²) in [5, 5.41) is 6.33. The van der Waals surface area contributed by atoms with Crippen LogP contribution < -0.4 is 10.6 Å². The molecule has 0 radical (unpaired) electrons. The summed E-state index contributed by atoms with van der Waals surface area (Å²) >= 11 is 0. The number of hydrogen-bond donors (Lipinski definition) is 2. The summed E-state index contributed by atoms with van der Waals surface area (Å²) < 4.78 is 33.3. The molecule has 2 unspecified atom stereocenters. The first-order valence-electron chi connectivity index (χ1n) is 8.04. The van der Waals surface area contributed by atoms with Crippen LogP contribution in [-0.2, 0) is 4.74 Å². The van der Waals surface area contributed by atoms with Crippen molar-refractivity contribution in [2.75, 3.05) is 40.9 Å². The Morgan fingerprint density at radius 2 is 1.92 bits per heavy atom. The lowest BCUT2D eigenvalue weighted by Crippen LogP contribution is -2.44. The van der Waals surface area contributed by atoms with Gasteiger partial charge in [0.05, 0.1) is 19.2 Å². The van der Waals surface area contributed by atoms with Crippen molar-refractivity contribution in [1.82, 2.24) is 15.5 Å². The Hall–Kier alpha value is -1.73. The normalized spacial score (nSPS) is 14.6. The average Bonchev–Trinajstić information content (AvgIpc) is 2.50. The number of likely N-dealkylation sites (N-methyl/N-ethyl adjacent to an activating group) is 1. The number of nitrogens with zero attached hydrogens (tertiary/aromatic N) is 2. The molecular weight excluding hydrogens is 314 g/mol. The smallest absolute Gasteiger partial charge is 0.191 e. The van der Waals surface area contributed by atoms with Gasteiger partial charge >= 0.3 is 0 Å². The lowest BCUT2D eigenvalue weighted by Gasteiger charge is -2.25. The summed E-state index contributed by atoms with van der Waals surface area (Å²) in [5.74, 6) is -0.533. The molecule has 0 saturated carbocycles. The molecule has 0 saturated heterocycles. The van der Waals surface area contributed by atoms with E-state index in [2.05, 4.69) is 15.6 Å². The molecule has 0 amide bonds. The number of rotatable bonds is 8. The second-order valence-electron chi connectivity index (χ2n) is 5.84. The maximum absolute atomic E-state index is 14.1. The summed E-state index contributed by atoms with van der Waals surface area (Å²) in [5.41, 5.74) is 0.0343. The molecule has 0 fully saturated rings. The number of guanidine groups is 1. The zero-order chi connectivity index (χ0) is 18.1. The number of benzene rings is 1. The lowest BCUT2D eigenvalue weighted by atomic mass is 10.0. The van der Waals surface area contributed by atoms with Gasteiger partial charge in [-0.15, -0.1) is 0 Å². The topological polar surface area (TPSA) is 48.9 Å². The third-order valence-electron chi connectivity index (χ3n) is 3.52. The minimum atomic E-state index is -0.561. The number of ether oxygens (including phenoxy) is 1. The molecule has 1 aromatic rings. The molecule has 136 valence electrons.